The van der Waals surface area contributed by atoms with Gasteiger partial charge in [0, 0.05) is 0 Å². The van der Waals surface area contributed by atoms with Gasteiger partial charge in [-0.3, -0.25) is 0 Å². The molecule has 2 aromatic rings. The minimum absolute atomic E-state index is 0. The van der Waals surface area contributed by atoms with Crippen LogP contribution in [-0.4, -0.2) is 0 Å². The van der Waals surface area contributed by atoms with Gasteiger partial charge in [-0.05, 0) is 28.9 Å². The Labute approximate surface area is 154 Å². The first-order valence-electron chi connectivity index (χ1n) is 8.50. The van der Waals surface area contributed by atoms with Gasteiger partial charge in [-0.25, -0.2) is 0 Å². The van der Waals surface area contributed by atoms with Gasteiger partial charge in [0.1, 0.15) is 0 Å². The SMILES string of the molecule is CCC(CC[CH-]c1ccccc1)c1ccccc1C(C)(C)C.[Li+]. The van der Waals surface area contributed by atoms with E-state index in [1.165, 1.54) is 24.0 Å². The minimum atomic E-state index is 0. The van der Waals surface area contributed by atoms with Crippen molar-refractivity contribution < 1.29 is 18.9 Å². The third kappa shape index (κ3) is 5.80. The molecule has 0 aromatic heterocycles. The Morgan fingerprint density at radius 2 is 1.52 bits per heavy atom. The molecule has 1 atom stereocenters. The number of rotatable bonds is 6. The molecule has 0 aliphatic carbocycles. The van der Waals surface area contributed by atoms with Crippen LogP contribution >= 0.6 is 0 Å². The monoisotopic (exact) mass is 300 g/mol. The quantitative estimate of drug-likeness (QED) is 0.566. The molecule has 0 nitrogen and oxygen atoms in total. The largest absolute Gasteiger partial charge is 1.00 e. The molecule has 2 aromatic carbocycles. The summed E-state index contributed by atoms with van der Waals surface area (Å²) < 4.78 is 0. The first-order chi connectivity index (χ1) is 10.5. The van der Waals surface area contributed by atoms with E-state index in [1.54, 1.807) is 5.56 Å². The summed E-state index contributed by atoms with van der Waals surface area (Å²) in [6.45, 7) is 9.25. The zero-order valence-electron chi connectivity index (χ0n) is 15.5. The van der Waals surface area contributed by atoms with Gasteiger partial charge in [0.15, 0.2) is 0 Å². The fraction of sp³-hybridized carbons (Fsp3) is 0.409. The molecule has 1 unspecified atom stereocenters. The van der Waals surface area contributed by atoms with E-state index in [1.807, 2.05) is 0 Å². The summed E-state index contributed by atoms with van der Waals surface area (Å²) in [6.07, 6.45) is 5.93. The maximum absolute atomic E-state index is 2.36. The molecule has 0 saturated heterocycles. The van der Waals surface area contributed by atoms with E-state index in [9.17, 15) is 0 Å². The second-order valence-corrected chi connectivity index (χ2v) is 7.13. The van der Waals surface area contributed by atoms with E-state index in [2.05, 4.69) is 88.7 Å². The Hall–Kier alpha value is -1.09. The molecule has 2 rings (SSSR count). The molecule has 0 radical (unpaired) electrons. The Balaban J connectivity index is 0.00000264. The van der Waals surface area contributed by atoms with Gasteiger partial charge in [-0.1, -0.05) is 70.9 Å². The standard InChI is InChI=1S/C22H29.Li/c1-5-19(15-11-14-18-12-7-6-8-13-18)20-16-9-10-17-21(20)22(2,3)4;/h6-10,12-14,16-17,19H,5,11,15H2,1-4H3;/q-1;+1. The van der Waals surface area contributed by atoms with Crippen molar-refractivity contribution in [2.45, 2.75) is 58.3 Å². The Morgan fingerprint density at radius 3 is 2.13 bits per heavy atom. The summed E-state index contributed by atoms with van der Waals surface area (Å²) in [5, 5.41) is 0. The van der Waals surface area contributed by atoms with E-state index in [4.69, 9.17) is 0 Å². The van der Waals surface area contributed by atoms with E-state index in [0.29, 0.717) is 5.92 Å². The van der Waals surface area contributed by atoms with Crippen LogP contribution in [0.4, 0.5) is 0 Å². The molecule has 23 heavy (non-hydrogen) atoms. The maximum atomic E-state index is 2.36. The molecule has 0 saturated carbocycles. The van der Waals surface area contributed by atoms with Crippen LogP contribution in [0.2, 0.25) is 0 Å². The van der Waals surface area contributed by atoms with E-state index in [0.717, 1.165) is 6.42 Å². The molecule has 1 heteroatoms. The summed E-state index contributed by atoms with van der Waals surface area (Å²) in [5.41, 5.74) is 4.59. The Kier molecular flexibility index (Phi) is 8.04. The summed E-state index contributed by atoms with van der Waals surface area (Å²) in [5.74, 6) is 0.649. The van der Waals surface area contributed by atoms with Crippen LogP contribution < -0.4 is 18.9 Å². The van der Waals surface area contributed by atoms with Crippen molar-refractivity contribution in [2.24, 2.45) is 0 Å². The summed E-state index contributed by atoms with van der Waals surface area (Å²) in [7, 11) is 0. The Morgan fingerprint density at radius 1 is 0.913 bits per heavy atom. The molecule has 118 valence electrons. The summed E-state index contributed by atoms with van der Waals surface area (Å²) in [4.78, 5) is 0. The molecule has 0 amide bonds. The van der Waals surface area contributed by atoms with Crippen LogP contribution in [-0.2, 0) is 5.41 Å². The van der Waals surface area contributed by atoms with E-state index >= 15 is 0 Å². The molecule has 0 aliphatic heterocycles. The predicted octanol–water partition coefficient (Wildman–Crippen LogP) is 3.51. The van der Waals surface area contributed by atoms with Crippen LogP contribution in [0, 0.1) is 6.42 Å². The second-order valence-electron chi connectivity index (χ2n) is 7.13. The first-order valence-corrected chi connectivity index (χ1v) is 8.50. The molecular weight excluding hydrogens is 271 g/mol. The van der Waals surface area contributed by atoms with Crippen molar-refractivity contribution in [3.63, 3.8) is 0 Å². The predicted molar refractivity (Wildman–Crippen MR) is 97.3 cm³/mol. The number of hydrogen-bond acceptors (Lipinski definition) is 0. The molecule has 0 heterocycles. The molecule has 0 N–H and O–H groups in total. The first kappa shape index (κ1) is 20.0. The van der Waals surface area contributed by atoms with Gasteiger partial charge in [-0.15, -0.1) is 12.1 Å². The van der Waals surface area contributed by atoms with Gasteiger partial charge in [0.25, 0.3) is 0 Å². The minimum Gasteiger partial charge on any atom is -0.192 e. The van der Waals surface area contributed by atoms with Gasteiger partial charge < -0.3 is 0 Å². The van der Waals surface area contributed by atoms with Crippen LogP contribution in [0.1, 0.15) is 69.6 Å². The van der Waals surface area contributed by atoms with Crippen molar-refractivity contribution in [3.05, 3.63) is 77.7 Å². The van der Waals surface area contributed by atoms with Gasteiger partial charge >= 0.3 is 18.9 Å². The van der Waals surface area contributed by atoms with E-state index in [-0.39, 0.29) is 24.3 Å². The van der Waals surface area contributed by atoms with Gasteiger partial charge in [0.05, 0.1) is 0 Å². The van der Waals surface area contributed by atoms with Crippen LogP contribution in [0.3, 0.4) is 0 Å². The van der Waals surface area contributed by atoms with Crippen molar-refractivity contribution in [1.29, 1.82) is 0 Å². The van der Waals surface area contributed by atoms with Crippen molar-refractivity contribution >= 4 is 0 Å². The zero-order valence-corrected chi connectivity index (χ0v) is 15.5. The smallest absolute Gasteiger partial charge is 0.192 e. The van der Waals surface area contributed by atoms with Crippen molar-refractivity contribution in [3.8, 4) is 0 Å². The Bertz CT molecular complexity index is 566. The fourth-order valence-corrected chi connectivity index (χ4v) is 3.16. The molecular formula is C22H29Li. The average molecular weight is 300 g/mol. The van der Waals surface area contributed by atoms with E-state index < -0.39 is 0 Å². The molecule has 0 fully saturated rings. The number of hydrogen-bond donors (Lipinski definition) is 0. The van der Waals surface area contributed by atoms with Gasteiger partial charge in [-0.2, -0.15) is 24.1 Å². The second kappa shape index (κ2) is 9.26. The van der Waals surface area contributed by atoms with Gasteiger partial charge in [0.2, 0.25) is 0 Å². The average Bonchev–Trinajstić information content (AvgIpc) is 2.52. The zero-order chi connectivity index (χ0) is 16.0. The van der Waals surface area contributed by atoms with Crippen LogP contribution in [0.15, 0.2) is 54.6 Å². The number of benzene rings is 2. The third-order valence-corrected chi connectivity index (χ3v) is 4.40. The fourth-order valence-electron chi connectivity index (χ4n) is 3.16. The molecule has 0 bridgehead atoms. The molecule has 0 aliphatic rings. The van der Waals surface area contributed by atoms with Crippen LogP contribution in [0.5, 0.6) is 0 Å². The summed E-state index contributed by atoms with van der Waals surface area (Å²) >= 11 is 0. The normalized spacial score (nSPS) is 12.3. The maximum Gasteiger partial charge on any atom is 1.00 e. The van der Waals surface area contributed by atoms with Crippen molar-refractivity contribution in [2.75, 3.05) is 0 Å². The summed E-state index contributed by atoms with van der Waals surface area (Å²) in [6, 6.07) is 19.7. The van der Waals surface area contributed by atoms with Crippen LogP contribution in [0.25, 0.3) is 0 Å². The third-order valence-electron chi connectivity index (χ3n) is 4.40. The van der Waals surface area contributed by atoms with Crippen molar-refractivity contribution in [1.82, 2.24) is 0 Å². The topological polar surface area (TPSA) is 0 Å². The molecule has 0 spiro atoms.